The summed E-state index contributed by atoms with van der Waals surface area (Å²) in [6.07, 6.45) is 0.498. The SMILES string of the molecule is O=C(CC1(O)C=C(c2ccc(O)cc2)Oc2c1cc(O)c(O)c2O)NO. The third kappa shape index (κ3) is 2.85. The van der Waals surface area contributed by atoms with Crippen molar-refractivity contribution in [1.29, 1.82) is 0 Å². The summed E-state index contributed by atoms with van der Waals surface area (Å²) in [5.74, 6) is -3.70. The fraction of sp³-hybridized carbons (Fsp3) is 0.118. The maximum absolute atomic E-state index is 11.6. The van der Waals surface area contributed by atoms with E-state index in [0.717, 1.165) is 12.1 Å². The monoisotopic (exact) mass is 361 g/mol. The number of phenols is 4. The number of rotatable bonds is 3. The number of fused-ring (bicyclic) bond motifs is 1. The Labute approximate surface area is 146 Å². The molecule has 0 radical (unpaired) electrons. The number of hydrogen-bond donors (Lipinski definition) is 7. The second kappa shape index (κ2) is 6.14. The summed E-state index contributed by atoms with van der Waals surface area (Å²) in [7, 11) is 0. The molecule has 2 aromatic carbocycles. The first kappa shape index (κ1) is 17.4. The van der Waals surface area contributed by atoms with Crippen LogP contribution in [-0.2, 0) is 10.4 Å². The average Bonchev–Trinajstić information content (AvgIpc) is 2.61. The van der Waals surface area contributed by atoms with Gasteiger partial charge in [0, 0.05) is 11.1 Å². The lowest BCUT2D eigenvalue weighted by molar-refractivity contribution is -0.133. The molecule has 26 heavy (non-hydrogen) atoms. The van der Waals surface area contributed by atoms with Crippen molar-refractivity contribution in [1.82, 2.24) is 5.48 Å². The number of aliphatic hydroxyl groups is 1. The number of ether oxygens (including phenoxy) is 1. The third-order valence-electron chi connectivity index (χ3n) is 3.96. The predicted molar refractivity (Wildman–Crippen MR) is 86.6 cm³/mol. The van der Waals surface area contributed by atoms with Crippen molar-refractivity contribution in [2.24, 2.45) is 0 Å². The normalized spacial score (nSPS) is 18.5. The fourth-order valence-corrected chi connectivity index (χ4v) is 2.68. The van der Waals surface area contributed by atoms with E-state index in [4.69, 9.17) is 9.94 Å². The highest BCUT2D eigenvalue weighted by Crippen LogP contribution is 2.52. The highest BCUT2D eigenvalue weighted by atomic mass is 16.5. The van der Waals surface area contributed by atoms with Crippen LogP contribution in [0.4, 0.5) is 0 Å². The Morgan fingerprint density at radius 3 is 2.35 bits per heavy atom. The highest BCUT2D eigenvalue weighted by Gasteiger charge is 2.40. The standard InChI is InChI=1S/C17H15NO8/c19-9-3-1-8(2-4-9)12-6-17(24,7-13(21)18-25)10-5-11(20)14(22)15(23)16(10)26-12/h1-6,19-20,22-25H,7H2,(H,18,21). The smallest absolute Gasteiger partial charge is 0.246 e. The van der Waals surface area contributed by atoms with E-state index in [2.05, 4.69) is 0 Å². The zero-order chi connectivity index (χ0) is 19.1. The lowest BCUT2D eigenvalue weighted by atomic mass is 9.85. The lowest BCUT2D eigenvalue weighted by Crippen LogP contribution is -2.34. The molecule has 3 rings (SSSR count). The summed E-state index contributed by atoms with van der Waals surface area (Å²) in [5, 5.41) is 58.7. The van der Waals surface area contributed by atoms with Crippen molar-refractivity contribution < 1.29 is 40.3 Å². The van der Waals surface area contributed by atoms with Gasteiger partial charge >= 0.3 is 0 Å². The minimum Gasteiger partial charge on any atom is -0.508 e. The molecule has 2 aromatic rings. The average molecular weight is 361 g/mol. The Balaban J connectivity index is 2.19. The molecular formula is C17H15NO8. The summed E-state index contributed by atoms with van der Waals surface area (Å²) in [5.41, 5.74) is -0.471. The van der Waals surface area contributed by atoms with Gasteiger partial charge in [0.05, 0.1) is 6.42 Å². The van der Waals surface area contributed by atoms with Crippen molar-refractivity contribution in [3.63, 3.8) is 0 Å². The van der Waals surface area contributed by atoms with Crippen LogP contribution < -0.4 is 10.2 Å². The number of hydroxylamine groups is 1. The molecule has 1 unspecified atom stereocenters. The zero-order valence-corrected chi connectivity index (χ0v) is 13.2. The maximum atomic E-state index is 11.6. The van der Waals surface area contributed by atoms with Crippen molar-refractivity contribution in [2.45, 2.75) is 12.0 Å². The highest BCUT2D eigenvalue weighted by molar-refractivity contribution is 5.80. The predicted octanol–water partition coefficient (Wildman–Crippen LogP) is 1.03. The van der Waals surface area contributed by atoms with Gasteiger partial charge in [-0.2, -0.15) is 0 Å². The first-order chi connectivity index (χ1) is 12.2. The maximum Gasteiger partial charge on any atom is 0.246 e. The van der Waals surface area contributed by atoms with E-state index in [1.165, 1.54) is 29.7 Å². The Hall–Kier alpha value is -3.43. The van der Waals surface area contributed by atoms with E-state index in [1.807, 2.05) is 0 Å². The zero-order valence-electron chi connectivity index (χ0n) is 13.2. The molecule has 0 spiro atoms. The van der Waals surface area contributed by atoms with E-state index in [0.29, 0.717) is 5.56 Å². The Bertz CT molecular complexity index is 906. The molecule has 1 aliphatic rings. The Morgan fingerprint density at radius 1 is 1.08 bits per heavy atom. The third-order valence-corrected chi connectivity index (χ3v) is 3.96. The van der Waals surface area contributed by atoms with Crippen molar-refractivity contribution >= 4 is 11.7 Å². The van der Waals surface area contributed by atoms with Gasteiger partial charge in [-0.05, 0) is 36.4 Å². The fourth-order valence-electron chi connectivity index (χ4n) is 2.68. The molecule has 1 heterocycles. The number of hydrogen-bond acceptors (Lipinski definition) is 8. The van der Waals surface area contributed by atoms with E-state index in [-0.39, 0.29) is 22.8 Å². The van der Waals surface area contributed by atoms with Gasteiger partial charge in [-0.25, -0.2) is 5.48 Å². The van der Waals surface area contributed by atoms with Crippen LogP contribution in [0.3, 0.4) is 0 Å². The van der Waals surface area contributed by atoms with Gasteiger partial charge in [-0.3, -0.25) is 10.0 Å². The molecule has 1 amide bonds. The Morgan fingerprint density at radius 2 is 1.73 bits per heavy atom. The summed E-state index contributed by atoms with van der Waals surface area (Å²) in [6, 6.07) is 6.61. The number of amides is 1. The van der Waals surface area contributed by atoms with E-state index in [1.54, 1.807) is 0 Å². The summed E-state index contributed by atoms with van der Waals surface area (Å²) in [6.45, 7) is 0. The lowest BCUT2D eigenvalue weighted by Gasteiger charge is -2.32. The van der Waals surface area contributed by atoms with E-state index < -0.39 is 35.2 Å². The van der Waals surface area contributed by atoms with Crippen LogP contribution >= 0.6 is 0 Å². The van der Waals surface area contributed by atoms with Crippen LogP contribution in [0.25, 0.3) is 5.76 Å². The summed E-state index contributed by atoms with van der Waals surface area (Å²) < 4.78 is 5.54. The van der Waals surface area contributed by atoms with Crippen molar-refractivity contribution in [3.8, 4) is 28.7 Å². The van der Waals surface area contributed by atoms with Gasteiger partial charge in [-0.15, -0.1) is 0 Å². The molecule has 0 saturated heterocycles. The molecule has 0 fully saturated rings. The van der Waals surface area contributed by atoms with Crippen LogP contribution in [0.1, 0.15) is 17.5 Å². The molecule has 0 bridgehead atoms. The molecule has 0 aliphatic carbocycles. The number of aromatic hydroxyl groups is 4. The first-order valence-electron chi connectivity index (χ1n) is 7.39. The van der Waals surface area contributed by atoms with Gasteiger partial charge in [0.1, 0.15) is 17.1 Å². The van der Waals surface area contributed by atoms with Gasteiger partial charge < -0.3 is 30.3 Å². The number of phenolic OH excluding ortho intramolecular Hbond substituents is 4. The molecule has 7 N–H and O–H groups in total. The van der Waals surface area contributed by atoms with Crippen LogP contribution in [-0.4, -0.2) is 36.6 Å². The van der Waals surface area contributed by atoms with E-state index >= 15 is 0 Å². The molecule has 1 atom stereocenters. The van der Waals surface area contributed by atoms with Gasteiger partial charge in [-0.1, -0.05) is 0 Å². The van der Waals surface area contributed by atoms with Crippen LogP contribution in [0.5, 0.6) is 28.7 Å². The second-order valence-corrected chi connectivity index (χ2v) is 5.76. The molecule has 136 valence electrons. The summed E-state index contributed by atoms with van der Waals surface area (Å²) in [4.78, 5) is 11.6. The molecular weight excluding hydrogens is 346 g/mol. The topological polar surface area (TPSA) is 160 Å². The minimum atomic E-state index is -2.07. The number of carbonyl (C=O) groups is 1. The van der Waals surface area contributed by atoms with Crippen LogP contribution in [0.15, 0.2) is 36.4 Å². The number of carbonyl (C=O) groups excluding carboxylic acids is 1. The second-order valence-electron chi connectivity index (χ2n) is 5.76. The molecule has 9 nitrogen and oxygen atoms in total. The Kier molecular flexibility index (Phi) is 4.10. The molecule has 0 saturated carbocycles. The summed E-state index contributed by atoms with van der Waals surface area (Å²) >= 11 is 0. The van der Waals surface area contributed by atoms with Crippen LogP contribution in [0.2, 0.25) is 0 Å². The van der Waals surface area contributed by atoms with Gasteiger partial charge in [0.25, 0.3) is 0 Å². The van der Waals surface area contributed by atoms with Crippen molar-refractivity contribution in [2.75, 3.05) is 0 Å². The first-order valence-corrected chi connectivity index (χ1v) is 7.39. The molecule has 1 aliphatic heterocycles. The van der Waals surface area contributed by atoms with Gasteiger partial charge in [0.2, 0.25) is 17.4 Å². The van der Waals surface area contributed by atoms with Crippen molar-refractivity contribution in [3.05, 3.63) is 47.5 Å². The quantitative estimate of drug-likeness (QED) is 0.242. The van der Waals surface area contributed by atoms with Crippen LogP contribution in [0, 0.1) is 0 Å². The van der Waals surface area contributed by atoms with Gasteiger partial charge in [0.15, 0.2) is 11.5 Å². The molecule has 0 aromatic heterocycles. The largest absolute Gasteiger partial charge is 0.508 e. The number of benzene rings is 2. The minimum absolute atomic E-state index is 0.00843. The van der Waals surface area contributed by atoms with E-state index in [9.17, 15) is 30.3 Å². The molecule has 9 heteroatoms. The number of nitrogens with one attached hydrogen (secondary N) is 1.